The average Bonchev–Trinajstić information content (AvgIpc) is 2.46. The van der Waals surface area contributed by atoms with Crippen LogP contribution in [0.1, 0.15) is 36.6 Å². The van der Waals surface area contributed by atoms with Gasteiger partial charge in [-0.2, -0.15) is 0 Å². The fraction of sp³-hybridized carbons (Fsp3) is 0.333. The minimum absolute atomic E-state index is 0.000387. The van der Waals surface area contributed by atoms with Crippen LogP contribution < -0.4 is 10.1 Å². The predicted octanol–water partition coefficient (Wildman–Crippen LogP) is 4.38. The Kier molecular flexibility index (Phi) is 5.34. The Morgan fingerprint density at radius 1 is 1.19 bits per heavy atom. The minimum Gasteiger partial charge on any atom is -0.489 e. The standard InChI is InChI=1S/C18H22FNO/c1-4-20-14(3)17-10-9-16(11-18(17)19)21-12-15-8-6-5-7-13(15)2/h5-11,14,20H,4,12H2,1-3H3. The van der Waals surface area contributed by atoms with Crippen LogP contribution in [-0.2, 0) is 6.61 Å². The highest BCUT2D eigenvalue weighted by molar-refractivity contribution is 5.31. The molecule has 0 bridgehead atoms. The first-order valence-corrected chi connectivity index (χ1v) is 7.32. The molecule has 1 N–H and O–H groups in total. The van der Waals surface area contributed by atoms with E-state index in [0.29, 0.717) is 17.9 Å². The molecule has 0 amide bonds. The van der Waals surface area contributed by atoms with E-state index in [1.807, 2.05) is 51.1 Å². The van der Waals surface area contributed by atoms with Gasteiger partial charge in [-0.3, -0.25) is 0 Å². The lowest BCUT2D eigenvalue weighted by Gasteiger charge is -2.15. The maximum atomic E-state index is 14.1. The number of halogens is 1. The van der Waals surface area contributed by atoms with Gasteiger partial charge < -0.3 is 10.1 Å². The van der Waals surface area contributed by atoms with E-state index in [2.05, 4.69) is 5.32 Å². The molecular formula is C18H22FNO. The van der Waals surface area contributed by atoms with Crippen LogP contribution in [-0.4, -0.2) is 6.54 Å². The van der Waals surface area contributed by atoms with Gasteiger partial charge in [-0.05, 0) is 37.6 Å². The van der Waals surface area contributed by atoms with Crippen molar-refractivity contribution in [3.05, 3.63) is 65.0 Å². The van der Waals surface area contributed by atoms with Crippen molar-refractivity contribution in [3.63, 3.8) is 0 Å². The van der Waals surface area contributed by atoms with Crippen LogP contribution in [0.2, 0.25) is 0 Å². The van der Waals surface area contributed by atoms with Gasteiger partial charge in [0.2, 0.25) is 0 Å². The van der Waals surface area contributed by atoms with Gasteiger partial charge in [0.15, 0.2) is 0 Å². The Morgan fingerprint density at radius 3 is 2.62 bits per heavy atom. The number of ether oxygens (including phenoxy) is 1. The van der Waals surface area contributed by atoms with Crippen LogP contribution in [0, 0.1) is 12.7 Å². The van der Waals surface area contributed by atoms with Crippen molar-refractivity contribution in [2.24, 2.45) is 0 Å². The molecule has 0 saturated carbocycles. The molecule has 0 radical (unpaired) electrons. The second-order valence-corrected chi connectivity index (χ2v) is 5.18. The lowest BCUT2D eigenvalue weighted by atomic mass is 10.1. The third kappa shape index (κ3) is 4.05. The van der Waals surface area contributed by atoms with Crippen molar-refractivity contribution >= 4 is 0 Å². The molecule has 112 valence electrons. The Labute approximate surface area is 126 Å². The van der Waals surface area contributed by atoms with Gasteiger partial charge in [0.25, 0.3) is 0 Å². The summed E-state index contributed by atoms with van der Waals surface area (Å²) in [7, 11) is 0. The van der Waals surface area contributed by atoms with E-state index in [0.717, 1.165) is 12.1 Å². The van der Waals surface area contributed by atoms with Gasteiger partial charge in [0.1, 0.15) is 18.2 Å². The van der Waals surface area contributed by atoms with Crippen molar-refractivity contribution < 1.29 is 9.13 Å². The summed E-state index contributed by atoms with van der Waals surface area (Å²) >= 11 is 0. The SMILES string of the molecule is CCNC(C)c1ccc(OCc2ccccc2C)cc1F. The molecule has 21 heavy (non-hydrogen) atoms. The van der Waals surface area contributed by atoms with Gasteiger partial charge in [-0.25, -0.2) is 4.39 Å². The molecule has 1 unspecified atom stereocenters. The zero-order chi connectivity index (χ0) is 15.2. The van der Waals surface area contributed by atoms with Crippen LogP contribution in [0.3, 0.4) is 0 Å². The van der Waals surface area contributed by atoms with Crippen LogP contribution in [0.5, 0.6) is 5.75 Å². The lowest BCUT2D eigenvalue weighted by Crippen LogP contribution is -2.18. The Morgan fingerprint density at radius 2 is 1.95 bits per heavy atom. The number of hydrogen-bond acceptors (Lipinski definition) is 2. The van der Waals surface area contributed by atoms with Crippen molar-refractivity contribution in [2.75, 3.05) is 6.54 Å². The molecule has 0 fully saturated rings. The molecule has 3 heteroatoms. The highest BCUT2D eigenvalue weighted by Gasteiger charge is 2.11. The summed E-state index contributed by atoms with van der Waals surface area (Å²) in [6.45, 7) is 7.27. The zero-order valence-corrected chi connectivity index (χ0v) is 12.8. The normalized spacial score (nSPS) is 12.2. The van der Waals surface area contributed by atoms with E-state index in [4.69, 9.17) is 4.74 Å². The van der Waals surface area contributed by atoms with Crippen LogP contribution >= 0.6 is 0 Å². The molecule has 1 atom stereocenters. The molecule has 0 aliphatic carbocycles. The first-order valence-electron chi connectivity index (χ1n) is 7.32. The highest BCUT2D eigenvalue weighted by atomic mass is 19.1. The first kappa shape index (κ1) is 15.5. The van der Waals surface area contributed by atoms with Gasteiger partial charge in [0, 0.05) is 17.7 Å². The van der Waals surface area contributed by atoms with Crippen molar-refractivity contribution in [1.29, 1.82) is 0 Å². The average molecular weight is 287 g/mol. The summed E-state index contributed by atoms with van der Waals surface area (Å²) in [6, 6.07) is 13.1. The molecular weight excluding hydrogens is 265 g/mol. The van der Waals surface area contributed by atoms with Gasteiger partial charge >= 0.3 is 0 Å². The summed E-state index contributed by atoms with van der Waals surface area (Å²) in [4.78, 5) is 0. The Hall–Kier alpha value is -1.87. The molecule has 0 spiro atoms. The van der Waals surface area contributed by atoms with Gasteiger partial charge in [-0.1, -0.05) is 37.3 Å². The summed E-state index contributed by atoms with van der Waals surface area (Å²) in [6.07, 6.45) is 0. The van der Waals surface area contributed by atoms with E-state index in [-0.39, 0.29) is 11.9 Å². The zero-order valence-electron chi connectivity index (χ0n) is 12.8. The van der Waals surface area contributed by atoms with Crippen molar-refractivity contribution in [1.82, 2.24) is 5.32 Å². The molecule has 2 aromatic carbocycles. The molecule has 2 aromatic rings. The maximum absolute atomic E-state index is 14.1. The largest absolute Gasteiger partial charge is 0.489 e. The van der Waals surface area contributed by atoms with E-state index in [9.17, 15) is 4.39 Å². The lowest BCUT2D eigenvalue weighted by molar-refractivity contribution is 0.303. The van der Waals surface area contributed by atoms with Crippen LogP contribution in [0.15, 0.2) is 42.5 Å². The number of benzene rings is 2. The second-order valence-electron chi connectivity index (χ2n) is 5.18. The highest BCUT2D eigenvalue weighted by Crippen LogP contribution is 2.22. The number of hydrogen-bond donors (Lipinski definition) is 1. The number of rotatable bonds is 6. The second kappa shape index (κ2) is 7.23. The minimum atomic E-state index is -0.231. The van der Waals surface area contributed by atoms with Crippen LogP contribution in [0.4, 0.5) is 4.39 Å². The van der Waals surface area contributed by atoms with Crippen LogP contribution in [0.25, 0.3) is 0 Å². The van der Waals surface area contributed by atoms with E-state index < -0.39 is 0 Å². The summed E-state index contributed by atoms with van der Waals surface area (Å²) < 4.78 is 19.8. The van der Waals surface area contributed by atoms with E-state index in [1.165, 1.54) is 11.6 Å². The third-order valence-electron chi connectivity index (χ3n) is 3.60. The molecule has 0 heterocycles. The van der Waals surface area contributed by atoms with Crippen molar-refractivity contribution in [2.45, 2.75) is 33.4 Å². The molecule has 0 aliphatic rings. The molecule has 2 nitrogen and oxygen atoms in total. The smallest absolute Gasteiger partial charge is 0.131 e. The van der Waals surface area contributed by atoms with Gasteiger partial charge in [0.05, 0.1) is 0 Å². The quantitative estimate of drug-likeness (QED) is 0.851. The topological polar surface area (TPSA) is 21.3 Å². The number of aryl methyl sites for hydroxylation is 1. The molecule has 0 aliphatic heterocycles. The Balaban J connectivity index is 2.05. The number of nitrogens with one attached hydrogen (secondary N) is 1. The maximum Gasteiger partial charge on any atom is 0.131 e. The summed E-state index contributed by atoms with van der Waals surface area (Å²) in [5.41, 5.74) is 2.96. The molecule has 0 aromatic heterocycles. The van der Waals surface area contributed by atoms with E-state index in [1.54, 1.807) is 6.07 Å². The Bertz CT molecular complexity index is 598. The first-order chi connectivity index (χ1) is 10.1. The van der Waals surface area contributed by atoms with Gasteiger partial charge in [-0.15, -0.1) is 0 Å². The fourth-order valence-corrected chi connectivity index (χ4v) is 2.30. The summed E-state index contributed by atoms with van der Waals surface area (Å²) in [5, 5.41) is 3.21. The predicted molar refractivity (Wildman–Crippen MR) is 84.0 cm³/mol. The third-order valence-corrected chi connectivity index (χ3v) is 3.60. The fourth-order valence-electron chi connectivity index (χ4n) is 2.30. The monoisotopic (exact) mass is 287 g/mol. The molecule has 0 saturated heterocycles. The summed E-state index contributed by atoms with van der Waals surface area (Å²) in [5.74, 6) is 0.328. The van der Waals surface area contributed by atoms with Crippen molar-refractivity contribution in [3.8, 4) is 5.75 Å². The molecule has 2 rings (SSSR count). The van der Waals surface area contributed by atoms with E-state index >= 15 is 0 Å².